The van der Waals surface area contributed by atoms with Crippen LogP contribution in [0.4, 0.5) is 4.39 Å². The van der Waals surface area contributed by atoms with Gasteiger partial charge in [-0.05, 0) is 38.1 Å². The van der Waals surface area contributed by atoms with Crippen LogP contribution in [0.1, 0.15) is 30.5 Å². The van der Waals surface area contributed by atoms with Gasteiger partial charge in [-0.2, -0.15) is 4.98 Å². The number of hydrogen-bond donors (Lipinski definition) is 1. The zero-order valence-electron chi connectivity index (χ0n) is 11.0. The van der Waals surface area contributed by atoms with Crippen molar-refractivity contribution in [2.45, 2.75) is 25.4 Å². The highest BCUT2D eigenvalue weighted by Gasteiger charge is 2.20. The van der Waals surface area contributed by atoms with Crippen LogP contribution in [0.15, 0.2) is 28.8 Å². The lowest BCUT2D eigenvalue weighted by molar-refractivity contribution is 0.241. The standard InChI is InChI=1S/C14H16FN3O2/c15-11-2-1-3-12(8-11)19-9-13-17-14(18-20-13)10-4-6-16-7-5-10/h1-3,8,10,16H,4-7,9H2. The summed E-state index contributed by atoms with van der Waals surface area (Å²) >= 11 is 0. The van der Waals surface area contributed by atoms with Gasteiger partial charge in [0.25, 0.3) is 5.89 Å². The van der Waals surface area contributed by atoms with E-state index in [1.165, 1.54) is 12.1 Å². The molecule has 0 saturated carbocycles. The number of piperidine rings is 1. The second-order valence-corrected chi connectivity index (χ2v) is 4.82. The van der Waals surface area contributed by atoms with Crippen LogP contribution in [0.3, 0.4) is 0 Å². The van der Waals surface area contributed by atoms with Gasteiger partial charge in [0.1, 0.15) is 11.6 Å². The average molecular weight is 277 g/mol. The number of ether oxygens (including phenoxy) is 1. The molecule has 3 rings (SSSR count). The van der Waals surface area contributed by atoms with Crippen molar-refractivity contribution in [1.82, 2.24) is 15.5 Å². The molecule has 20 heavy (non-hydrogen) atoms. The maximum Gasteiger partial charge on any atom is 0.264 e. The van der Waals surface area contributed by atoms with Crippen LogP contribution in [0.2, 0.25) is 0 Å². The molecule has 5 nitrogen and oxygen atoms in total. The minimum Gasteiger partial charge on any atom is -0.484 e. The second kappa shape index (κ2) is 6.00. The Morgan fingerprint density at radius 3 is 3.00 bits per heavy atom. The van der Waals surface area contributed by atoms with Crippen molar-refractivity contribution in [1.29, 1.82) is 0 Å². The van der Waals surface area contributed by atoms with Gasteiger partial charge >= 0.3 is 0 Å². The van der Waals surface area contributed by atoms with E-state index >= 15 is 0 Å². The number of aromatic nitrogens is 2. The van der Waals surface area contributed by atoms with Gasteiger partial charge in [0, 0.05) is 12.0 Å². The van der Waals surface area contributed by atoms with Crippen molar-refractivity contribution in [3.63, 3.8) is 0 Å². The Kier molecular flexibility index (Phi) is 3.92. The topological polar surface area (TPSA) is 60.2 Å². The Morgan fingerprint density at radius 2 is 2.20 bits per heavy atom. The monoisotopic (exact) mass is 277 g/mol. The third-order valence-electron chi connectivity index (χ3n) is 3.35. The fourth-order valence-electron chi connectivity index (χ4n) is 2.27. The summed E-state index contributed by atoms with van der Waals surface area (Å²) in [6.07, 6.45) is 2.04. The molecule has 0 radical (unpaired) electrons. The molecule has 0 atom stereocenters. The number of halogens is 1. The van der Waals surface area contributed by atoms with Crippen LogP contribution in [-0.4, -0.2) is 23.2 Å². The van der Waals surface area contributed by atoms with Gasteiger partial charge in [-0.1, -0.05) is 11.2 Å². The summed E-state index contributed by atoms with van der Waals surface area (Å²) in [7, 11) is 0. The van der Waals surface area contributed by atoms with Gasteiger partial charge < -0.3 is 14.6 Å². The molecule has 1 aliphatic heterocycles. The Bertz CT molecular complexity index is 567. The summed E-state index contributed by atoms with van der Waals surface area (Å²) in [4.78, 5) is 4.35. The molecule has 0 amide bonds. The normalized spacial score (nSPS) is 16.2. The summed E-state index contributed by atoms with van der Waals surface area (Å²) in [5, 5.41) is 7.30. The van der Waals surface area contributed by atoms with E-state index in [2.05, 4.69) is 15.5 Å². The number of rotatable bonds is 4. The molecule has 2 heterocycles. The third-order valence-corrected chi connectivity index (χ3v) is 3.35. The molecule has 0 unspecified atom stereocenters. The van der Waals surface area contributed by atoms with Crippen LogP contribution in [0.5, 0.6) is 5.75 Å². The van der Waals surface area contributed by atoms with E-state index in [1.807, 2.05) is 0 Å². The minimum absolute atomic E-state index is 0.154. The molecule has 1 aromatic carbocycles. The van der Waals surface area contributed by atoms with Crippen molar-refractivity contribution in [3.05, 3.63) is 41.8 Å². The van der Waals surface area contributed by atoms with Gasteiger partial charge in [0.2, 0.25) is 0 Å². The van der Waals surface area contributed by atoms with Gasteiger partial charge in [0.05, 0.1) is 0 Å². The van der Waals surface area contributed by atoms with Crippen molar-refractivity contribution in [3.8, 4) is 5.75 Å². The minimum atomic E-state index is -0.330. The number of nitrogens with zero attached hydrogens (tertiary/aromatic N) is 2. The molecular weight excluding hydrogens is 261 g/mol. The lowest BCUT2D eigenvalue weighted by atomic mass is 9.98. The maximum absolute atomic E-state index is 13.0. The van der Waals surface area contributed by atoms with Gasteiger partial charge in [0.15, 0.2) is 12.4 Å². The van der Waals surface area contributed by atoms with Gasteiger partial charge in [-0.25, -0.2) is 4.39 Å². The molecule has 1 aliphatic rings. The number of benzene rings is 1. The van der Waals surface area contributed by atoms with Crippen LogP contribution in [0.25, 0.3) is 0 Å². The number of hydrogen-bond acceptors (Lipinski definition) is 5. The van der Waals surface area contributed by atoms with Crippen molar-refractivity contribution in [2.24, 2.45) is 0 Å². The van der Waals surface area contributed by atoms with E-state index in [1.54, 1.807) is 12.1 Å². The quantitative estimate of drug-likeness (QED) is 0.928. The molecule has 1 fully saturated rings. The molecular formula is C14H16FN3O2. The predicted molar refractivity (Wildman–Crippen MR) is 69.9 cm³/mol. The Hall–Kier alpha value is -1.95. The Labute approximate surface area is 116 Å². The molecule has 0 spiro atoms. The molecule has 1 saturated heterocycles. The van der Waals surface area contributed by atoms with Crippen LogP contribution in [0, 0.1) is 5.82 Å². The second-order valence-electron chi connectivity index (χ2n) is 4.82. The first kappa shape index (κ1) is 13.1. The number of nitrogens with one attached hydrogen (secondary N) is 1. The summed E-state index contributed by atoms with van der Waals surface area (Å²) < 4.78 is 23.6. The summed E-state index contributed by atoms with van der Waals surface area (Å²) in [6, 6.07) is 5.98. The van der Waals surface area contributed by atoms with Crippen LogP contribution in [-0.2, 0) is 6.61 Å². The van der Waals surface area contributed by atoms with Gasteiger partial charge in [-0.15, -0.1) is 0 Å². The lowest BCUT2D eigenvalue weighted by Gasteiger charge is -2.18. The maximum atomic E-state index is 13.0. The fourth-order valence-corrected chi connectivity index (χ4v) is 2.27. The molecule has 2 aromatic rings. The van der Waals surface area contributed by atoms with Crippen molar-refractivity contribution < 1.29 is 13.7 Å². The average Bonchev–Trinajstić information content (AvgIpc) is 2.95. The molecule has 106 valence electrons. The summed E-state index contributed by atoms with van der Waals surface area (Å²) in [5.41, 5.74) is 0. The highest BCUT2D eigenvalue weighted by atomic mass is 19.1. The lowest BCUT2D eigenvalue weighted by Crippen LogP contribution is -2.27. The smallest absolute Gasteiger partial charge is 0.264 e. The van der Waals surface area contributed by atoms with E-state index in [-0.39, 0.29) is 12.4 Å². The first-order chi connectivity index (χ1) is 9.81. The van der Waals surface area contributed by atoms with E-state index in [9.17, 15) is 4.39 Å². The van der Waals surface area contributed by atoms with Crippen LogP contribution >= 0.6 is 0 Å². The summed E-state index contributed by atoms with van der Waals surface area (Å²) in [5.74, 6) is 1.63. The van der Waals surface area contributed by atoms with E-state index < -0.39 is 0 Å². The van der Waals surface area contributed by atoms with E-state index in [0.717, 1.165) is 31.8 Å². The van der Waals surface area contributed by atoms with Gasteiger partial charge in [-0.3, -0.25) is 0 Å². The highest BCUT2D eigenvalue weighted by Crippen LogP contribution is 2.22. The SMILES string of the molecule is Fc1cccc(OCc2nc(C3CCNCC3)no2)c1. The molecule has 1 N–H and O–H groups in total. The molecule has 0 bridgehead atoms. The first-order valence-electron chi connectivity index (χ1n) is 6.73. The van der Waals surface area contributed by atoms with E-state index in [0.29, 0.717) is 17.6 Å². The zero-order valence-corrected chi connectivity index (χ0v) is 11.0. The summed E-state index contributed by atoms with van der Waals surface area (Å²) in [6.45, 7) is 2.12. The highest BCUT2D eigenvalue weighted by molar-refractivity contribution is 5.22. The third kappa shape index (κ3) is 3.14. The zero-order chi connectivity index (χ0) is 13.8. The Morgan fingerprint density at radius 1 is 1.35 bits per heavy atom. The largest absolute Gasteiger partial charge is 0.484 e. The van der Waals surface area contributed by atoms with Crippen molar-refractivity contribution in [2.75, 3.05) is 13.1 Å². The van der Waals surface area contributed by atoms with Crippen molar-refractivity contribution >= 4 is 0 Å². The molecule has 1 aromatic heterocycles. The fraction of sp³-hybridized carbons (Fsp3) is 0.429. The molecule has 6 heteroatoms. The van der Waals surface area contributed by atoms with E-state index in [4.69, 9.17) is 9.26 Å². The predicted octanol–water partition coefficient (Wildman–Crippen LogP) is 2.25. The Balaban J connectivity index is 1.59. The van der Waals surface area contributed by atoms with Crippen LogP contribution < -0.4 is 10.1 Å². The first-order valence-corrected chi connectivity index (χ1v) is 6.73. The molecule has 0 aliphatic carbocycles.